The summed E-state index contributed by atoms with van der Waals surface area (Å²) in [5.74, 6) is 0. The maximum atomic E-state index is 8.82. The third-order valence-electron chi connectivity index (χ3n) is 1.78. The van der Waals surface area contributed by atoms with E-state index in [1.54, 1.807) is 11.8 Å². The third kappa shape index (κ3) is 2.48. The molecule has 1 N–H and O–H groups in total. The van der Waals surface area contributed by atoms with Crippen molar-refractivity contribution in [1.82, 2.24) is 0 Å². The molecule has 0 aliphatic rings. The molecule has 2 nitrogen and oxygen atoms in total. The van der Waals surface area contributed by atoms with Crippen molar-refractivity contribution in [2.45, 2.75) is 11.3 Å². The molecule has 68 valence electrons. The van der Waals surface area contributed by atoms with Gasteiger partial charge in [-0.3, -0.25) is 0 Å². The highest BCUT2D eigenvalue weighted by atomic mass is 32.2. The Morgan fingerprint density at radius 1 is 1.54 bits per heavy atom. The number of benzene rings is 1. The molecular weight excluding hydrogens is 182 g/mol. The van der Waals surface area contributed by atoms with Crippen LogP contribution in [0.5, 0.6) is 0 Å². The maximum absolute atomic E-state index is 8.82. The van der Waals surface area contributed by atoms with E-state index in [4.69, 9.17) is 10.4 Å². The zero-order valence-corrected chi connectivity index (χ0v) is 8.27. The van der Waals surface area contributed by atoms with E-state index in [2.05, 4.69) is 6.07 Å². The van der Waals surface area contributed by atoms with Crippen molar-refractivity contribution in [3.8, 4) is 6.07 Å². The molecule has 0 radical (unpaired) electrons. The Hall–Kier alpha value is -0.980. The third-order valence-corrected chi connectivity index (χ3v) is 2.58. The van der Waals surface area contributed by atoms with Gasteiger partial charge >= 0.3 is 0 Å². The van der Waals surface area contributed by atoms with Gasteiger partial charge in [0.05, 0.1) is 5.56 Å². The van der Waals surface area contributed by atoms with Gasteiger partial charge in [-0.2, -0.15) is 5.26 Å². The second-order valence-corrected chi connectivity index (χ2v) is 3.47. The highest BCUT2D eigenvalue weighted by molar-refractivity contribution is 7.98. The first kappa shape index (κ1) is 10.1. The number of aliphatic hydroxyl groups excluding tert-OH is 1. The minimum atomic E-state index is 0.128. The SMILES string of the molecule is CSc1ccc(CCO)cc1C#N. The van der Waals surface area contributed by atoms with Gasteiger partial charge in [-0.05, 0) is 30.4 Å². The second-order valence-electron chi connectivity index (χ2n) is 2.62. The molecule has 0 aliphatic heterocycles. The van der Waals surface area contributed by atoms with Crippen LogP contribution < -0.4 is 0 Å². The smallest absolute Gasteiger partial charge is 0.100 e. The first-order valence-corrected chi connectivity index (χ1v) is 5.22. The lowest BCUT2D eigenvalue weighted by Gasteiger charge is -2.02. The molecule has 0 aromatic heterocycles. The second kappa shape index (κ2) is 4.90. The van der Waals surface area contributed by atoms with Crippen molar-refractivity contribution in [3.05, 3.63) is 29.3 Å². The van der Waals surface area contributed by atoms with E-state index in [0.29, 0.717) is 12.0 Å². The molecule has 0 aliphatic carbocycles. The average molecular weight is 193 g/mol. The fraction of sp³-hybridized carbons (Fsp3) is 0.300. The van der Waals surface area contributed by atoms with Crippen LogP contribution in [0.1, 0.15) is 11.1 Å². The standard InChI is InChI=1S/C10H11NOS/c1-13-10-3-2-8(4-5-12)6-9(10)7-11/h2-3,6,12H,4-5H2,1H3. The summed E-state index contributed by atoms with van der Waals surface area (Å²) in [5, 5.41) is 17.5. The van der Waals surface area contributed by atoms with Gasteiger partial charge in [0.25, 0.3) is 0 Å². The summed E-state index contributed by atoms with van der Waals surface area (Å²) in [4.78, 5) is 0.990. The molecule has 0 heterocycles. The first-order chi connectivity index (χ1) is 6.31. The molecule has 0 bridgehead atoms. The summed E-state index contributed by atoms with van der Waals surface area (Å²) in [6, 6.07) is 7.85. The van der Waals surface area contributed by atoms with E-state index in [9.17, 15) is 0 Å². The van der Waals surface area contributed by atoms with Crippen molar-refractivity contribution < 1.29 is 5.11 Å². The predicted molar refractivity (Wildman–Crippen MR) is 53.7 cm³/mol. The van der Waals surface area contributed by atoms with Crippen LogP contribution in [0.4, 0.5) is 0 Å². The molecule has 0 spiro atoms. The lowest BCUT2D eigenvalue weighted by Crippen LogP contribution is -1.92. The van der Waals surface area contributed by atoms with E-state index in [1.807, 2.05) is 24.5 Å². The fourth-order valence-electron chi connectivity index (χ4n) is 1.13. The minimum Gasteiger partial charge on any atom is -0.396 e. The number of hydrogen-bond donors (Lipinski definition) is 1. The van der Waals surface area contributed by atoms with Crippen molar-refractivity contribution in [2.75, 3.05) is 12.9 Å². The van der Waals surface area contributed by atoms with Gasteiger partial charge in [-0.15, -0.1) is 11.8 Å². The number of hydrogen-bond acceptors (Lipinski definition) is 3. The van der Waals surface area contributed by atoms with Gasteiger partial charge in [0.15, 0.2) is 0 Å². The Bertz CT molecular complexity index is 330. The van der Waals surface area contributed by atoms with E-state index < -0.39 is 0 Å². The quantitative estimate of drug-likeness (QED) is 0.745. The highest BCUT2D eigenvalue weighted by Gasteiger charge is 2.01. The Balaban J connectivity index is 3.00. The Labute approximate surface area is 82.2 Å². The lowest BCUT2D eigenvalue weighted by molar-refractivity contribution is 0.299. The van der Waals surface area contributed by atoms with Crippen LogP contribution in [-0.2, 0) is 6.42 Å². The van der Waals surface area contributed by atoms with Crippen LogP contribution in [0.15, 0.2) is 23.1 Å². The number of thioether (sulfide) groups is 1. The van der Waals surface area contributed by atoms with Crippen molar-refractivity contribution in [1.29, 1.82) is 5.26 Å². The highest BCUT2D eigenvalue weighted by Crippen LogP contribution is 2.20. The normalized spacial score (nSPS) is 9.62. The molecule has 0 atom stereocenters. The molecule has 13 heavy (non-hydrogen) atoms. The van der Waals surface area contributed by atoms with Crippen molar-refractivity contribution in [2.24, 2.45) is 0 Å². The molecule has 0 amide bonds. The van der Waals surface area contributed by atoms with E-state index in [-0.39, 0.29) is 6.61 Å². The number of rotatable bonds is 3. The fourth-order valence-corrected chi connectivity index (χ4v) is 1.66. The van der Waals surface area contributed by atoms with E-state index in [0.717, 1.165) is 10.5 Å². The summed E-state index contributed by atoms with van der Waals surface area (Å²) >= 11 is 1.56. The van der Waals surface area contributed by atoms with Crippen LogP contribution >= 0.6 is 11.8 Å². The zero-order valence-electron chi connectivity index (χ0n) is 7.45. The summed E-state index contributed by atoms with van der Waals surface area (Å²) in [6.45, 7) is 0.128. The van der Waals surface area contributed by atoms with E-state index in [1.165, 1.54) is 0 Å². The van der Waals surface area contributed by atoms with Crippen molar-refractivity contribution >= 4 is 11.8 Å². The molecule has 1 rings (SSSR count). The van der Waals surface area contributed by atoms with E-state index >= 15 is 0 Å². The molecule has 1 aromatic rings. The predicted octanol–water partition coefficient (Wildman–Crippen LogP) is 1.81. The summed E-state index contributed by atoms with van der Waals surface area (Å²) < 4.78 is 0. The summed E-state index contributed by atoms with van der Waals surface area (Å²) in [7, 11) is 0. The van der Waals surface area contributed by atoms with Crippen LogP contribution in [0, 0.1) is 11.3 Å². The molecule has 3 heteroatoms. The molecule has 0 saturated carbocycles. The van der Waals surface area contributed by atoms with Gasteiger partial charge in [-0.1, -0.05) is 6.07 Å². The molecule has 0 unspecified atom stereocenters. The summed E-state index contributed by atoms with van der Waals surface area (Å²) in [6.07, 6.45) is 2.56. The van der Waals surface area contributed by atoms with Crippen LogP contribution in [0.25, 0.3) is 0 Å². The van der Waals surface area contributed by atoms with Gasteiger partial charge in [0, 0.05) is 11.5 Å². The van der Waals surface area contributed by atoms with Gasteiger partial charge in [0.1, 0.15) is 6.07 Å². The van der Waals surface area contributed by atoms with Crippen LogP contribution in [-0.4, -0.2) is 18.0 Å². The number of nitrogens with zero attached hydrogens (tertiary/aromatic N) is 1. The number of aliphatic hydroxyl groups is 1. The molecule has 0 saturated heterocycles. The molecular formula is C10H11NOS. The summed E-state index contributed by atoms with van der Waals surface area (Å²) in [5.41, 5.74) is 1.70. The Morgan fingerprint density at radius 3 is 2.85 bits per heavy atom. The first-order valence-electron chi connectivity index (χ1n) is 3.99. The number of nitriles is 1. The monoisotopic (exact) mass is 193 g/mol. The maximum Gasteiger partial charge on any atom is 0.100 e. The largest absolute Gasteiger partial charge is 0.396 e. The average Bonchev–Trinajstić information content (AvgIpc) is 2.18. The Kier molecular flexibility index (Phi) is 3.81. The molecule has 0 fully saturated rings. The Morgan fingerprint density at radius 2 is 2.31 bits per heavy atom. The minimum absolute atomic E-state index is 0.128. The van der Waals surface area contributed by atoms with Crippen molar-refractivity contribution in [3.63, 3.8) is 0 Å². The van der Waals surface area contributed by atoms with Gasteiger partial charge < -0.3 is 5.11 Å². The molecule has 1 aromatic carbocycles. The topological polar surface area (TPSA) is 44.0 Å². The lowest BCUT2D eigenvalue weighted by atomic mass is 10.1. The van der Waals surface area contributed by atoms with Gasteiger partial charge in [-0.25, -0.2) is 0 Å². The van der Waals surface area contributed by atoms with Crippen LogP contribution in [0.3, 0.4) is 0 Å². The van der Waals surface area contributed by atoms with Gasteiger partial charge in [0.2, 0.25) is 0 Å². The van der Waals surface area contributed by atoms with Crippen LogP contribution in [0.2, 0.25) is 0 Å². The zero-order chi connectivity index (χ0) is 9.68.